The lowest BCUT2D eigenvalue weighted by Gasteiger charge is -2.23. The number of nitrogens with one attached hydrogen (secondary N) is 3. The molecule has 7 nitrogen and oxygen atoms in total. The van der Waals surface area contributed by atoms with Crippen molar-refractivity contribution in [3.63, 3.8) is 0 Å². The number of aromatic nitrogens is 4. The third-order valence-electron chi connectivity index (χ3n) is 2.11. The summed E-state index contributed by atoms with van der Waals surface area (Å²) in [5.41, 5.74) is -1.72. The van der Waals surface area contributed by atoms with Gasteiger partial charge in [0.15, 0.2) is 0 Å². The smallest absolute Gasteiger partial charge is 0.342 e. The van der Waals surface area contributed by atoms with Crippen LogP contribution in [0.4, 0.5) is 5.82 Å². The van der Waals surface area contributed by atoms with Crippen LogP contribution in [0.1, 0.15) is 18.9 Å². The number of nitrogens with zero attached hydrogens (tertiary/aromatic N) is 2. The third-order valence-corrected chi connectivity index (χ3v) is 3.21. The molecule has 90 valence electrons. The minimum atomic E-state index is -0.632. The van der Waals surface area contributed by atoms with Crippen molar-refractivity contribution in [2.24, 2.45) is 0 Å². The van der Waals surface area contributed by atoms with Crippen LogP contribution in [0.25, 0.3) is 0 Å². The Morgan fingerprint density at radius 1 is 1.41 bits per heavy atom. The molecule has 0 saturated heterocycles. The van der Waals surface area contributed by atoms with E-state index in [0.717, 1.165) is 5.01 Å². The van der Waals surface area contributed by atoms with Crippen LogP contribution in [-0.2, 0) is 5.54 Å². The molecular weight excluding hydrogens is 242 g/mol. The van der Waals surface area contributed by atoms with E-state index in [4.69, 9.17) is 0 Å². The zero-order valence-electron chi connectivity index (χ0n) is 9.27. The van der Waals surface area contributed by atoms with Gasteiger partial charge in [0.05, 0.1) is 5.54 Å². The highest BCUT2D eigenvalue weighted by Gasteiger charge is 2.24. The second-order valence-electron chi connectivity index (χ2n) is 3.94. The molecule has 0 amide bonds. The highest BCUT2D eigenvalue weighted by Crippen LogP contribution is 2.24. The van der Waals surface area contributed by atoms with Gasteiger partial charge in [0.25, 0.3) is 5.56 Å². The van der Waals surface area contributed by atoms with Gasteiger partial charge in [-0.05, 0) is 13.8 Å². The minimum absolute atomic E-state index is 0.0600. The fraction of sp³-hybridized carbons (Fsp3) is 0.333. The lowest BCUT2D eigenvalue weighted by Crippen LogP contribution is -2.34. The first kappa shape index (κ1) is 11.5. The van der Waals surface area contributed by atoms with E-state index in [1.165, 1.54) is 11.3 Å². The number of hydrogen-bond acceptors (Lipinski definition) is 6. The number of rotatable bonds is 3. The van der Waals surface area contributed by atoms with E-state index in [-0.39, 0.29) is 5.82 Å². The van der Waals surface area contributed by atoms with Crippen LogP contribution >= 0.6 is 11.3 Å². The summed E-state index contributed by atoms with van der Waals surface area (Å²) >= 11 is 1.47. The van der Waals surface area contributed by atoms with Crippen LogP contribution in [-0.4, -0.2) is 20.2 Å². The molecule has 0 aliphatic rings. The van der Waals surface area contributed by atoms with Gasteiger partial charge in [-0.3, -0.25) is 9.78 Å². The third kappa shape index (κ3) is 2.41. The van der Waals surface area contributed by atoms with Gasteiger partial charge < -0.3 is 5.32 Å². The maximum Gasteiger partial charge on any atom is 0.342 e. The van der Waals surface area contributed by atoms with Gasteiger partial charge in [0.1, 0.15) is 5.01 Å². The van der Waals surface area contributed by atoms with Crippen LogP contribution in [0.15, 0.2) is 21.2 Å². The summed E-state index contributed by atoms with van der Waals surface area (Å²) in [5.74, 6) is 0.0600. The summed E-state index contributed by atoms with van der Waals surface area (Å²) in [6.07, 6.45) is 1.69. The highest BCUT2D eigenvalue weighted by molar-refractivity contribution is 7.09. The molecule has 0 saturated carbocycles. The van der Waals surface area contributed by atoms with E-state index in [2.05, 4.69) is 25.5 Å². The van der Waals surface area contributed by atoms with Crippen molar-refractivity contribution in [1.82, 2.24) is 20.2 Å². The normalized spacial score (nSPS) is 11.4. The number of thiazole rings is 1. The molecule has 0 aliphatic heterocycles. The van der Waals surface area contributed by atoms with Gasteiger partial charge >= 0.3 is 5.69 Å². The Labute approximate surface area is 99.9 Å². The highest BCUT2D eigenvalue weighted by atomic mass is 32.1. The summed E-state index contributed by atoms with van der Waals surface area (Å²) in [5, 5.41) is 11.4. The van der Waals surface area contributed by atoms with E-state index in [1.54, 1.807) is 6.20 Å². The van der Waals surface area contributed by atoms with Crippen LogP contribution in [0, 0.1) is 0 Å². The second kappa shape index (κ2) is 4.13. The van der Waals surface area contributed by atoms with Crippen LogP contribution < -0.4 is 16.6 Å². The van der Waals surface area contributed by atoms with E-state index in [9.17, 15) is 9.59 Å². The van der Waals surface area contributed by atoms with Crippen molar-refractivity contribution in [2.75, 3.05) is 5.32 Å². The number of hydrogen-bond donors (Lipinski definition) is 3. The molecule has 0 spiro atoms. The predicted octanol–water partition coefficient (Wildman–Crippen LogP) is 0.262. The first-order valence-corrected chi connectivity index (χ1v) is 5.74. The molecule has 0 aliphatic carbocycles. The fourth-order valence-corrected chi connectivity index (χ4v) is 2.03. The zero-order chi connectivity index (χ0) is 12.5. The number of H-pyrrole nitrogens is 2. The maximum atomic E-state index is 11.5. The van der Waals surface area contributed by atoms with Gasteiger partial charge in [-0.15, -0.1) is 16.4 Å². The van der Waals surface area contributed by atoms with Crippen molar-refractivity contribution < 1.29 is 0 Å². The predicted molar refractivity (Wildman–Crippen MR) is 64.2 cm³/mol. The molecule has 2 heterocycles. The van der Waals surface area contributed by atoms with Crippen molar-refractivity contribution in [2.45, 2.75) is 19.4 Å². The lowest BCUT2D eigenvalue weighted by atomic mass is 10.1. The quantitative estimate of drug-likeness (QED) is 0.728. The Morgan fingerprint density at radius 2 is 2.18 bits per heavy atom. The number of aromatic amines is 2. The minimum Gasteiger partial charge on any atom is -0.353 e. The Hall–Kier alpha value is -1.96. The van der Waals surface area contributed by atoms with Crippen LogP contribution in [0.2, 0.25) is 0 Å². The van der Waals surface area contributed by atoms with Crippen molar-refractivity contribution in [3.05, 3.63) is 37.4 Å². The van der Waals surface area contributed by atoms with Gasteiger partial charge in [-0.25, -0.2) is 14.9 Å². The van der Waals surface area contributed by atoms with E-state index in [1.807, 2.05) is 19.2 Å². The van der Waals surface area contributed by atoms with Crippen LogP contribution in [0.5, 0.6) is 0 Å². The molecule has 2 aromatic heterocycles. The number of anilines is 1. The average molecular weight is 253 g/mol. The second-order valence-corrected chi connectivity index (χ2v) is 4.84. The van der Waals surface area contributed by atoms with Crippen molar-refractivity contribution in [3.8, 4) is 0 Å². The standard InChI is InChI=1S/C9H11N5O2S/c1-9(2,7-10-3-4-17-7)12-5-6(15)11-8(16)14-13-5/h3-4H,1-2H3,(H,12,13)(H2,11,14,15,16). The molecule has 2 rings (SSSR count). The lowest BCUT2D eigenvalue weighted by molar-refractivity contribution is 0.595. The van der Waals surface area contributed by atoms with Gasteiger partial charge in [-0.2, -0.15) is 0 Å². The fourth-order valence-electron chi connectivity index (χ4n) is 1.31. The molecule has 0 fully saturated rings. The first-order valence-electron chi connectivity index (χ1n) is 4.86. The van der Waals surface area contributed by atoms with E-state index >= 15 is 0 Å². The molecular formula is C9H11N5O2S. The van der Waals surface area contributed by atoms with Crippen LogP contribution in [0.3, 0.4) is 0 Å². The summed E-state index contributed by atoms with van der Waals surface area (Å²) in [7, 11) is 0. The molecule has 0 aromatic carbocycles. The monoisotopic (exact) mass is 253 g/mol. The first-order chi connectivity index (χ1) is 7.99. The molecule has 0 atom stereocenters. The Balaban J connectivity index is 2.32. The summed E-state index contributed by atoms with van der Waals surface area (Å²) in [6.45, 7) is 3.75. The topological polar surface area (TPSA) is 104 Å². The Morgan fingerprint density at radius 3 is 2.76 bits per heavy atom. The summed E-state index contributed by atoms with van der Waals surface area (Å²) < 4.78 is 0. The van der Waals surface area contributed by atoms with Crippen molar-refractivity contribution >= 4 is 17.2 Å². The van der Waals surface area contributed by atoms with Gasteiger partial charge in [-0.1, -0.05) is 0 Å². The largest absolute Gasteiger partial charge is 0.353 e. The molecule has 8 heteroatoms. The van der Waals surface area contributed by atoms with E-state index in [0.29, 0.717) is 0 Å². The molecule has 17 heavy (non-hydrogen) atoms. The van der Waals surface area contributed by atoms with Gasteiger partial charge in [0.2, 0.25) is 5.82 Å². The molecule has 2 aromatic rings. The summed E-state index contributed by atoms with van der Waals surface area (Å²) in [6, 6.07) is 0. The maximum absolute atomic E-state index is 11.5. The van der Waals surface area contributed by atoms with E-state index < -0.39 is 16.8 Å². The molecule has 3 N–H and O–H groups in total. The Kier molecular flexibility index (Phi) is 2.80. The van der Waals surface area contributed by atoms with Gasteiger partial charge in [0, 0.05) is 11.6 Å². The average Bonchev–Trinajstić information content (AvgIpc) is 2.76. The molecule has 0 bridgehead atoms. The SMILES string of the molecule is CC(C)(Nc1n[nH]c(=O)[nH]c1=O)c1nccs1. The Bertz CT molecular complexity index is 613. The molecule has 0 radical (unpaired) electrons. The zero-order valence-corrected chi connectivity index (χ0v) is 10.1. The van der Waals surface area contributed by atoms with Crippen molar-refractivity contribution in [1.29, 1.82) is 0 Å². The summed E-state index contributed by atoms with van der Waals surface area (Å²) in [4.78, 5) is 28.6. The molecule has 0 unspecified atom stereocenters.